The van der Waals surface area contributed by atoms with Crippen molar-refractivity contribution >= 4 is 27.6 Å². The van der Waals surface area contributed by atoms with Gasteiger partial charge >= 0.3 is 106 Å². The van der Waals surface area contributed by atoms with E-state index < -0.39 is 19.9 Å². The Labute approximate surface area is 106 Å². The van der Waals surface area contributed by atoms with Gasteiger partial charge < -0.3 is 0 Å². The number of hydrogen-bond acceptors (Lipinski definition) is 2. The molecular formula is C12H13IO2Si. The molecule has 2 rings (SSSR count). The summed E-state index contributed by atoms with van der Waals surface area (Å²) in [6.45, 7) is 0. The first-order chi connectivity index (χ1) is 7.84. The summed E-state index contributed by atoms with van der Waals surface area (Å²) in [5.41, 5.74) is 0. The molecule has 0 bridgehead atoms. The van der Waals surface area contributed by atoms with Gasteiger partial charge in [-0.1, -0.05) is 0 Å². The molecule has 0 saturated carbocycles. The van der Waals surface area contributed by atoms with Crippen molar-refractivity contribution in [3.05, 3.63) is 60.7 Å². The molecule has 16 heavy (non-hydrogen) atoms. The van der Waals surface area contributed by atoms with Crippen LogP contribution in [0.4, 0.5) is 0 Å². The van der Waals surface area contributed by atoms with Gasteiger partial charge in [-0.25, -0.2) is 0 Å². The fourth-order valence-electron chi connectivity index (χ4n) is 1.21. The molecule has 84 valence electrons. The summed E-state index contributed by atoms with van der Waals surface area (Å²) < 4.78 is 11.6. The van der Waals surface area contributed by atoms with Crippen LogP contribution in [0, 0.1) is 0 Å². The average Bonchev–Trinajstić information content (AvgIpc) is 2.31. The number of halogens is 1. The van der Waals surface area contributed by atoms with Crippen LogP contribution in [0.15, 0.2) is 60.7 Å². The molecule has 0 N–H and O–H groups in total. The van der Waals surface area contributed by atoms with Gasteiger partial charge in [-0.2, -0.15) is 0 Å². The summed E-state index contributed by atoms with van der Waals surface area (Å²) in [5.74, 6) is 1.83. The van der Waals surface area contributed by atoms with Crippen molar-refractivity contribution in [2.24, 2.45) is 0 Å². The van der Waals surface area contributed by atoms with Gasteiger partial charge in [0.2, 0.25) is 0 Å². The molecule has 0 aliphatic heterocycles. The minimum atomic E-state index is -1.69. The zero-order valence-corrected chi connectivity index (χ0v) is 13.1. The van der Waals surface area contributed by atoms with Crippen LogP contribution < -0.4 is 6.13 Å². The van der Waals surface area contributed by atoms with E-state index >= 15 is 0 Å². The second-order valence-corrected chi connectivity index (χ2v) is 10.3. The standard InChI is InChI=1S/C12H13IO2Si/c16-13(14-11-7-3-1-4-8-11)15-12-9-5-2-6-10-12/h1-10H,16H3. The van der Waals surface area contributed by atoms with Crippen molar-refractivity contribution in [1.29, 1.82) is 0 Å². The molecule has 4 heteroatoms. The van der Waals surface area contributed by atoms with E-state index in [-0.39, 0.29) is 0 Å². The normalized spacial score (nSPS) is 10.9. The molecule has 0 aromatic heterocycles. The summed E-state index contributed by atoms with van der Waals surface area (Å²) >= 11 is -1.69. The third kappa shape index (κ3) is 3.53. The number of rotatable bonds is 4. The van der Waals surface area contributed by atoms with Crippen molar-refractivity contribution in [2.75, 3.05) is 0 Å². The van der Waals surface area contributed by atoms with Crippen LogP contribution in [-0.4, -0.2) is 7.74 Å². The fraction of sp³-hybridized carbons (Fsp3) is 0. The molecule has 0 unspecified atom stereocenters. The first-order valence-corrected chi connectivity index (χ1v) is 13.9. The van der Waals surface area contributed by atoms with Crippen LogP contribution in [0.5, 0.6) is 11.5 Å². The van der Waals surface area contributed by atoms with E-state index in [2.05, 4.69) is 0 Å². The van der Waals surface area contributed by atoms with E-state index in [0.717, 1.165) is 19.2 Å². The molecule has 0 amide bonds. The SMILES string of the molecule is [SiH3]I(Oc1ccccc1)Oc1ccccc1. The Morgan fingerprint density at radius 2 is 1.06 bits per heavy atom. The molecule has 0 aliphatic rings. The Morgan fingerprint density at radius 3 is 1.44 bits per heavy atom. The van der Waals surface area contributed by atoms with E-state index in [4.69, 9.17) is 6.13 Å². The third-order valence-electron chi connectivity index (χ3n) is 1.88. The van der Waals surface area contributed by atoms with Crippen molar-refractivity contribution in [3.8, 4) is 11.5 Å². The first kappa shape index (κ1) is 11.5. The summed E-state index contributed by atoms with van der Waals surface area (Å²) in [6, 6.07) is 19.7. The molecule has 0 atom stereocenters. The van der Waals surface area contributed by atoms with Crippen LogP contribution in [0.3, 0.4) is 0 Å². The first-order valence-electron chi connectivity index (χ1n) is 4.92. The molecule has 0 heterocycles. The van der Waals surface area contributed by atoms with Crippen molar-refractivity contribution < 1.29 is 6.13 Å². The summed E-state index contributed by atoms with van der Waals surface area (Å²) in [6.07, 6.45) is 0. The molecule has 2 nitrogen and oxygen atoms in total. The van der Waals surface area contributed by atoms with Gasteiger partial charge in [0, 0.05) is 0 Å². The Balaban J connectivity index is 1.92. The van der Waals surface area contributed by atoms with Crippen LogP contribution in [0.25, 0.3) is 0 Å². The van der Waals surface area contributed by atoms with E-state index in [1.807, 2.05) is 60.7 Å². The molecule has 0 aliphatic carbocycles. The third-order valence-corrected chi connectivity index (χ3v) is 6.21. The zero-order valence-electron chi connectivity index (χ0n) is 8.97. The average molecular weight is 344 g/mol. The molecule has 2 aromatic rings. The Bertz CT molecular complexity index is 380. The van der Waals surface area contributed by atoms with Crippen LogP contribution >= 0.6 is 19.9 Å². The number of hydrogen-bond donors (Lipinski definition) is 0. The van der Waals surface area contributed by atoms with Gasteiger partial charge in [0.25, 0.3) is 0 Å². The van der Waals surface area contributed by atoms with Gasteiger partial charge in [-0.05, 0) is 0 Å². The summed E-state index contributed by atoms with van der Waals surface area (Å²) in [5, 5.41) is 0. The van der Waals surface area contributed by atoms with Crippen molar-refractivity contribution in [3.63, 3.8) is 0 Å². The second kappa shape index (κ2) is 5.91. The fourth-order valence-corrected chi connectivity index (χ4v) is 5.71. The number of benzene rings is 2. The molecule has 0 fully saturated rings. The topological polar surface area (TPSA) is 18.5 Å². The minimum absolute atomic E-state index is 0.915. The van der Waals surface area contributed by atoms with Crippen LogP contribution in [-0.2, 0) is 0 Å². The molecular weight excluding hydrogens is 331 g/mol. The second-order valence-electron chi connectivity index (χ2n) is 3.15. The summed E-state index contributed by atoms with van der Waals surface area (Å²) in [4.78, 5) is 0. The predicted octanol–water partition coefficient (Wildman–Crippen LogP) is 2.76. The predicted molar refractivity (Wildman–Crippen MR) is 78.1 cm³/mol. The van der Waals surface area contributed by atoms with E-state index in [1.54, 1.807) is 0 Å². The summed E-state index contributed by atoms with van der Waals surface area (Å²) in [7, 11) is 0.971. The maximum atomic E-state index is 5.81. The van der Waals surface area contributed by atoms with E-state index in [9.17, 15) is 0 Å². The zero-order chi connectivity index (χ0) is 11.2. The van der Waals surface area contributed by atoms with E-state index in [0.29, 0.717) is 0 Å². The van der Waals surface area contributed by atoms with Crippen molar-refractivity contribution in [1.82, 2.24) is 0 Å². The van der Waals surface area contributed by atoms with Gasteiger partial charge in [0.1, 0.15) is 0 Å². The van der Waals surface area contributed by atoms with Gasteiger partial charge in [-0.15, -0.1) is 0 Å². The van der Waals surface area contributed by atoms with Gasteiger partial charge in [0.05, 0.1) is 0 Å². The molecule has 0 radical (unpaired) electrons. The molecule has 0 saturated heterocycles. The monoisotopic (exact) mass is 344 g/mol. The van der Waals surface area contributed by atoms with Crippen LogP contribution in [0.1, 0.15) is 0 Å². The Kier molecular flexibility index (Phi) is 4.23. The Morgan fingerprint density at radius 1 is 0.688 bits per heavy atom. The van der Waals surface area contributed by atoms with Crippen LogP contribution in [0.2, 0.25) is 0 Å². The molecule has 0 spiro atoms. The quantitative estimate of drug-likeness (QED) is 0.482. The van der Waals surface area contributed by atoms with Gasteiger partial charge in [-0.3, -0.25) is 0 Å². The van der Waals surface area contributed by atoms with E-state index in [1.165, 1.54) is 0 Å². The number of para-hydroxylation sites is 2. The van der Waals surface area contributed by atoms with Crippen molar-refractivity contribution in [2.45, 2.75) is 0 Å². The Hall–Kier alpha value is -1.01. The molecule has 2 aromatic carbocycles. The maximum absolute atomic E-state index is 5.81. The van der Waals surface area contributed by atoms with Gasteiger partial charge in [0.15, 0.2) is 0 Å².